The molecule has 0 spiro atoms. The molecule has 0 aliphatic heterocycles. The van der Waals surface area contributed by atoms with Crippen LogP contribution in [0.2, 0.25) is 0 Å². The van der Waals surface area contributed by atoms with Crippen molar-refractivity contribution in [3.05, 3.63) is 0 Å². The van der Waals surface area contributed by atoms with Crippen LogP contribution in [0.3, 0.4) is 0 Å². The highest BCUT2D eigenvalue weighted by atomic mass is 16.4. The maximum Gasteiger partial charge on any atom is 0.306 e. The molecular weight excluding hydrogens is 158 g/mol. The van der Waals surface area contributed by atoms with E-state index in [1.165, 1.54) is 6.92 Å². The molecule has 0 aromatic carbocycles. The van der Waals surface area contributed by atoms with Gasteiger partial charge in [-0.05, 0) is 12.8 Å². The first-order chi connectivity index (χ1) is 5.54. The molecule has 0 aromatic heterocycles. The molecule has 1 amide bonds. The van der Waals surface area contributed by atoms with E-state index in [1.807, 2.05) is 0 Å². The zero-order valence-corrected chi connectivity index (χ0v) is 7.46. The number of amides is 1. The summed E-state index contributed by atoms with van der Waals surface area (Å²) >= 11 is 0. The minimum absolute atomic E-state index is 0.0713. The van der Waals surface area contributed by atoms with Crippen LogP contribution in [0, 0.1) is 5.92 Å². The fraction of sp³-hybridized carbons (Fsp3) is 0.750. The molecular formula is C8H15NO3. The van der Waals surface area contributed by atoms with Crippen molar-refractivity contribution in [3.63, 3.8) is 0 Å². The minimum Gasteiger partial charge on any atom is -0.481 e. The first kappa shape index (κ1) is 10.9. The maximum atomic E-state index is 10.4. The molecule has 0 unspecified atom stereocenters. The molecule has 0 aliphatic rings. The molecule has 0 heterocycles. The molecule has 0 aromatic rings. The van der Waals surface area contributed by atoms with Gasteiger partial charge >= 0.3 is 5.97 Å². The van der Waals surface area contributed by atoms with Crippen molar-refractivity contribution >= 4 is 11.9 Å². The SMILES string of the molecule is CC(=O)NCCC[C@H](C)C(=O)O. The molecule has 4 nitrogen and oxygen atoms in total. The standard InChI is InChI=1S/C8H15NO3/c1-6(8(11)12)4-3-5-9-7(2)10/h6H,3-5H2,1-2H3,(H,9,10)(H,11,12)/t6-/m0/s1. The highest BCUT2D eigenvalue weighted by Crippen LogP contribution is 2.03. The second kappa shape index (κ2) is 5.57. The number of aliphatic carboxylic acids is 1. The topological polar surface area (TPSA) is 66.4 Å². The molecule has 0 saturated carbocycles. The first-order valence-corrected chi connectivity index (χ1v) is 4.01. The number of hydrogen-bond acceptors (Lipinski definition) is 2. The van der Waals surface area contributed by atoms with Crippen LogP contribution in [-0.4, -0.2) is 23.5 Å². The van der Waals surface area contributed by atoms with Crippen LogP contribution >= 0.6 is 0 Å². The average Bonchev–Trinajstić information content (AvgIpc) is 1.97. The molecule has 0 radical (unpaired) electrons. The Morgan fingerprint density at radius 3 is 2.50 bits per heavy atom. The van der Waals surface area contributed by atoms with Crippen LogP contribution < -0.4 is 5.32 Å². The van der Waals surface area contributed by atoms with Crippen LogP contribution in [0.25, 0.3) is 0 Å². The Balaban J connectivity index is 3.31. The van der Waals surface area contributed by atoms with Gasteiger partial charge in [0.05, 0.1) is 5.92 Å². The summed E-state index contributed by atoms with van der Waals surface area (Å²) in [4.78, 5) is 20.7. The second-order valence-electron chi connectivity index (χ2n) is 2.86. The van der Waals surface area contributed by atoms with E-state index in [0.29, 0.717) is 19.4 Å². The van der Waals surface area contributed by atoms with Crippen LogP contribution in [0.1, 0.15) is 26.7 Å². The Labute approximate surface area is 72.0 Å². The Bertz CT molecular complexity index is 168. The normalized spacial score (nSPS) is 12.2. The minimum atomic E-state index is -0.780. The summed E-state index contributed by atoms with van der Waals surface area (Å²) in [6, 6.07) is 0. The molecule has 0 fully saturated rings. The van der Waals surface area contributed by atoms with Gasteiger partial charge in [-0.2, -0.15) is 0 Å². The largest absolute Gasteiger partial charge is 0.481 e. The number of hydrogen-bond donors (Lipinski definition) is 2. The molecule has 12 heavy (non-hydrogen) atoms. The van der Waals surface area contributed by atoms with Crippen molar-refractivity contribution in [1.82, 2.24) is 5.32 Å². The van der Waals surface area contributed by atoms with Gasteiger partial charge in [-0.15, -0.1) is 0 Å². The highest BCUT2D eigenvalue weighted by Gasteiger charge is 2.09. The molecule has 0 saturated heterocycles. The van der Waals surface area contributed by atoms with Gasteiger partial charge in [-0.25, -0.2) is 0 Å². The maximum absolute atomic E-state index is 10.4. The van der Waals surface area contributed by atoms with E-state index in [-0.39, 0.29) is 11.8 Å². The molecule has 2 N–H and O–H groups in total. The zero-order chi connectivity index (χ0) is 9.56. The Morgan fingerprint density at radius 2 is 2.08 bits per heavy atom. The second-order valence-corrected chi connectivity index (χ2v) is 2.86. The smallest absolute Gasteiger partial charge is 0.306 e. The van der Waals surface area contributed by atoms with Gasteiger partial charge in [-0.3, -0.25) is 9.59 Å². The van der Waals surface area contributed by atoms with Crippen molar-refractivity contribution in [3.8, 4) is 0 Å². The van der Waals surface area contributed by atoms with Gasteiger partial charge in [0.25, 0.3) is 0 Å². The van der Waals surface area contributed by atoms with E-state index in [0.717, 1.165) is 0 Å². The predicted octanol–water partition coefficient (Wildman–Crippen LogP) is 0.623. The first-order valence-electron chi connectivity index (χ1n) is 4.01. The summed E-state index contributed by atoms with van der Waals surface area (Å²) in [7, 11) is 0. The highest BCUT2D eigenvalue weighted by molar-refractivity contribution is 5.72. The third-order valence-electron chi connectivity index (χ3n) is 1.61. The van der Waals surface area contributed by atoms with Crippen molar-refractivity contribution in [2.75, 3.05) is 6.54 Å². The van der Waals surface area contributed by atoms with E-state index in [1.54, 1.807) is 6.92 Å². The quantitative estimate of drug-likeness (QED) is 0.599. The van der Waals surface area contributed by atoms with Crippen molar-refractivity contribution < 1.29 is 14.7 Å². The van der Waals surface area contributed by atoms with Gasteiger partial charge in [-0.1, -0.05) is 6.92 Å². The number of carboxylic acids is 1. The summed E-state index contributed by atoms with van der Waals surface area (Å²) in [6.07, 6.45) is 1.32. The summed E-state index contributed by atoms with van der Waals surface area (Å²) in [6.45, 7) is 3.67. The molecule has 0 rings (SSSR count). The van der Waals surface area contributed by atoms with Gasteiger partial charge in [0.1, 0.15) is 0 Å². The van der Waals surface area contributed by atoms with Gasteiger partial charge in [0, 0.05) is 13.5 Å². The lowest BCUT2D eigenvalue weighted by Crippen LogP contribution is -2.22. The molecule has 0 bridgehead atoms. The number of carbonyl (C=O) groups excluding carboxylic acids is 1. The monoisotopic (exact) mass is 173 g/mol. The lowest BCUT2D eigenvalue weighted by Gasteiger charge is -2.05. The summed E-state index contributed by atoms with van der Waals surface area (Å²) in [5.41, 5.74) is 0. The fourth-order valence-electron chi connectivity index (χ4n) is 0.796. The third kappa shape index (κ3) is 5.70. The summed E-state index contributed by atoms with van der Waals surface area (Å²) < 4.78 is 0. The third-order valence-corrected chi connectivity index (χ3v) is 1.61. The lowest BCUT2D eigenvalue weighted by atomic mass is 10.1. The molecule has 0 aliphatic carbocycles. The molecule has 70 valence electrons. The Morgan fingerprint density at radius 1 is 1.50 bits per heavy atom. The van der Waals surface area contributed by atoms with Gasteiger partial charge in [0.15, 0.2) is 0 Å². The van der Waals surface area contributed by atoms with Crippen molar-refractivity contribution in [2.24, 2.45) is 5.92 Å². The number of carbonyl (C=O) groups is 2. The average molecular weight is 173 g/mol. The van der Waals surface area contributed by atoms with Crippen LogP contribution in [-0.2, 0) is 9.59 Å². The zero-order valence-electron chi connectivity index (χ0n) is 7.46. The Hall–Kier alpha value is -1.06. The fourth-order valence-corrected chi connectivity index (χ4v) is 0.796. The summed E-state index contributed by atoms with van der Waals surface area (Å²) in [5.74, 6) is -1.17. The van der Waals surface area contributed by atoms with Crippen LogP contribution in [0.15, 0.2) is 0 Å². The van der Waals surface area contributed by atoms with Crippen molar-refractivity contribution in [1.29, 1.82) is 0 Å². The van der Waals surface area contributed by atoms with Gasteiger partial charge in [0.2, 0.25) is 5.91 Å². The van der Waals surface area contributed by atoms with E-state index >= 15 is 0 Å². The summed E-state index contributed by atoms with van der Waals surface area (Å²) in [5, 5.41) is 11.1. The number of carboxylic acid groups (broad SMARTS) is 1. The van der Waals surface area contributed by atoms with Crippen molar-refractivity contribution in [2.45, 2.75) is 26.7 Å². The number of rotatable bonds is 5. The predicted molar refractivity (Wildman–Crippen MR) is 44.7 cm³/mol. The van der Waals surface area contributed by atoms with E-state index in [2.05, 4.69) is 5.32 Å². The van der Waals surface area contributed by atoms with E-state index in [4.69, 9.17) is 5.11 Å². The Kier molecular flexibility index (Phi) is 5.08. The van der Waals surface area contributed by atoms with Gasteiger partial charge < -0.3 is 10.4 Å². The lowest BCUT2D eigenvalue weighted by molar-refractivity contribution is -0.141. The van der Waals surface area contributed by atoms with E-state index < -0.39 is 5.97 Å². The molecule has 4 heteroatoms. The molecule has 1 atom stereocenters. The van der Waals surface area contributed by atoms with Crippen LogP contribution in [0.4, 0.5) is 0 Å². The van der Waals surface area contributed by atoms with E-state index in [9.17, 15) is 9.59 Å². The number of nitrogens with one attached hydrogen (secondary N) is 1. The van der Waals surface area contributed by atoms with Crippen LogP contribution in [0.5, 0.6) is 0 Å².